The Morgan fingerprint density at radius 1 is 1.07 bits per heavy atom. The van der Waals surface area contributed by atoms with E-state index in [1.54, 1.807) is 4.90 Å². The Morgan fingerprint density at radius 2 is 1.74 bits per heavy atom. The number of pyridine rings is 1. The number of halogens is 2. The standard InChI is InChI=1S/C31H33F2N7O3/c1-7-23(42)38-11-12-39(18(6)14-38)29-19-13-21(33)27(24-20(32)9-8-10-22(24)41)36-30(19)40(31(43)37-29)28-25(16(2)3)34-15-35-26(28)17(4)5/h7-10,13,15-18,41H,1,11-12,14H2,2-6H3. The number of carbonyl (C=O) groups excluding carboxylic acids is 1. The van der Waals surface area contributed by atoms with Gasteiger partial charge in [-0.15, -0.1) is 0 Å². The number of nitrogens with zero attached hydrogens (tertiary/aromatic N) is 7. The normalized spacial score (nSPS) is 15.5. The smallest absolute Gasteiger partial charge is 0.355 e. The molecule has 1 amide bonds. The van der Waals surface area contributed by atoms with Crippen molar-refractivity contribution in [2.24, 2.45) is 0 Å². The Morgan fingerprint density at radius 3 is 2.33 bits per heavy atom. The molecule has 4 heterocycles. The molecule has 1 aliphatic rings. The summed E-state index contributed by atoms with van der Waals surface area (Å²) < 4.78 is 32.2. The third kappa shape index (κ3) is 5.21. The monoisotopic (exact) mass is 589 g/mol. The average Bonchev–Trinajstić information content (AvgIpc) is 2.96. The van der Waals surface area contributed by atoms with Crippen LogP contribution >= 0.6 is 0 Å². The number of carbonyl (C=O) groups is 1. The molecule has 0 radical (unpaired) electrons. The third-order valence-electron chi connectivity index (χ3n) is 7.61. The van der Waals surface area contributed by atoms with Gasteiger partial charge in [0.2, 0.25) is 5.91 Å². The molecule has 12 heteroatoms. The van der Waals surface area contributed by atoms with Gasteiger partial charge in [0, 0.05) is 25.7 Å². The van der Waals surface area contributed by atoms with E-state index in [0.717, 1.165) is 12.1 Å². The lowest BCUT2D eigenvalue weighted by Gasteiger charge is -2.40. The van der Waals surface area contributed by atoms with E-state index in [1.807, 2.05) is 39.5 Å². The molecule has 224 valence electrons. The molecule has 0 bridgehead atoms. The molecule has 1 N–H and O–H groups in total. The van der Waals surface area contributed by atoms with Crippen LogP contribution in [0.25, 0.3) is 28.0 Å². The van der Waals surface area contributed by atoms with E-state index in [9.17, 15) is 19.1 Å². The van der Waals surface area contributed by atoms with E-state index in [1.165, 1.54) is 29.1 Å². The summed E-state index contributed by atoms with van der Waals surface area (Å²) in [5, 5.41) is 10.7. The quantitative estimate of drug-likeness (QED) is 0.322. The number of fused-ring (bicyclic) bond motifs is 1. The Bertz CT molecular complexity index is 1760. The second-order valence-corrected chi connectivity index (χ2v) is 11.2. The fourth-order valence-corrected chi connectivity index (χ4v) is 5.53. The van der Waals surface area contributed by atoms with Gasteiger partial charge in [-0.2, -0.15) is 4.98 Å². The number of hydrogen-bond donors (Lipinski definition) is 1. The molecule has 3 aromatic heterocycles. The first-order chi connectivity index (χ1) is 20.4. The minimum Gasteiger partial charge on any atom is -0.507 e. The Kier molecular flexibility index (Phi) is 7.96. The van der Waals surface area contributed by atoms with Crippen molar-refractivity contribution in [1.29, 1.82) is 0 Å². The molecule has 0 spiro atoms. The lowest BCUT2D eigenvalue weighted by atomic mass is 10.0. The van der Waals surface area contributed by atoms with Crippen LogP contribution in [0.2, 0.25) is 0 Å². The van der Waals surface area contributed by atoms with Gasteiger partial charge in [-0.05, 0) is 43.0 Å². The number of hydrogen-bond acceptors (Lipinski definition) is 8. The average molecular weight is 590 g/mol. The fraction of sp³-hybridized carbons (Fsp3) is 0.355. The van der Waals surface area contributed by atoms with Gasteiger partial charge in [0.15, 0.2) is 11.5 Å². The molecule has 1 fully saturated rings. The predicted octanol–water partition coefficient (Wildman–Crippen LogP) is 4.69. The highest BCUT2D eigenvalue weighted by atomic mass is 19.1. The lowest BCUT2D eigenvalue weighted by Crippen LogP contribution is -2.54. The topological polar surface area (TPSA) is 117 Å². The zero-order chi connectivity index (χ0) is 31.2. The van der Waals surface area contributed by atoms with Crippen molar-refractivity contribution in [2.75, 3.05) is 24.5 Å². The maximum absolute atomic E-state index is 15.9. The van der Waals surface area contributed by atoms with Crippen LogP contribution in [0.15, 0.2) is 48.0 Å². The first-order valence-electron chi connectivity index (χ1n) is 14.1. The first-order valence-corrected chi connectivity index (χ1v) is 14.1. The number of piperazine rings is 1. The molecule has 1 aromatic carbocycles. The molecule has 4 aromatic rings. The van der Waals surface area contributed by atoms with E-state index in [0.29, 0.717) is 36.7 Å². The Labute approximate surface area is 247 Å². The van der Waals surface area contributed by atoms with E-state index in [4.69, 9.17) is 0 Å². The van der Waals surface area contributed by atoms with Gasteiger partial charge in [0.1, 0.15) is 29.4 Å². The fourth-order valence-electron chi connectivity index (χ4n) is 5.53. The number of phenols is 1. The summed E-state index contributed by atoms with van der Waals surface area (Å²) in [6.45, 7) is 14.1. The number of benzene rings is 1. The maximum atomic E-state index is 15.9. The molecule has 1 unspecified atom stereocenters. The van der Waals surface area contributed by atoms with Crippen molar-refractivity contribution >= 4 is 22.8 Å². The molecule has 43 heavy (non-hydrogen) atoms. The molecular formula is C31H33F2N7O3. The van der Waals surface area contributed by atoms with Crippen LogP contribution in [-0.2, 0) is 4.79 Å². The summed E-state index contributed by atoms with van der Waals surface area (Å²) >= 11 is 0. The minimum atomic E-state index is -0.910. The van der Waals surface area contributed by atoms with Crippen LogP contribution in [0.5, 0.6) is 5.75 Å². The SMILES string of the molecule is C=CC(=O)N1CCN(c2nc(=O)n(-c3c(C(C)C)ncnc3C(C)C)c3nc(-c4c(O)cccc4F)c(F)cc23)C(C)C1. The van der Waals surface area contributed by atoms with Crippen molar-refractivity contribution in [1.82, 2.24) is 29.4 Å². The summed E-state index contributed by atoms with van der Waals surface area (Å²) in [5.41, 5.74) is -0.103. The summed E-state index contributed by atoms with van der Waals surface area (Å²) in [6, 6.07) is 4.49. The molecule has 0 saturated carbocycles. The first kappa shape index (κ1) is 29.7. The van der Waals surface area contributed by atoms with Gasteiger partial charge in [0.05, 0.1) is 28.0 Å². The van der Waals surface area contributed by atoms with Gasteiger partial charge in [-0.1, -0.05) is 40.3 Å². The van der Waals surface area contributed by atoms with Crippen molar-refractivity contribution in [3.8, 4) is 22.7 Å². The molecule has 10 nitrogen and oxygen atoms in total. The van der Waals surface area contributed by atoms with Crippen LogP contribution < -0.4 is 10.6 Å². The number of anilines is 1. The molecule has 5 rings (SSSR count). The van der Waals surface area contributed by atoms with Crippen LogP contribution in [0, 0.1) is 11.6 Å². The number of rotatable bonds is 6. The predicted molar refractivity (Wildman–Crippen MR) is 160 cm³/mol. The number of aromatic nitrogens is 5. The second-order valence-electron chi connectivity index (χ2n) is 11.2. The highest BCUT2D eigenvalue weighted by molar-refractivity contribution is 5.91. The molecule has 1 saturated heterocycles. The van der Waals surface area contributed by atoms with Crippen molar-refractivity contribution in [3.05, 3.63) is 76.8 Å². The number of phenolic OH excluding ortho intramolecular Hbond substituents is 1. The minimum absolute atomic E-state index is 0.00412. The molecular weight excluding hydrogens is 556 g/mol. The van der Waals surface area contributed by atoms with Crippen molar-refractivity contribution < 1.29 is 18.7 Å². The van der Waals surface area contributed by atoms with E-state index in [2.05, 4.69) is 26.5 Å². The highest BCUT2D eigenvalue weighted by Gasteiger charge is 2.31. The van der Waals surface area contributed by atoms with E-state index >= 15 is 4.39 Å². The zero-order valence-electron chi connectivity index (χ0n) is 24.7. The number of amides is 1. The second kappa shape index (κ2) is 11.5. The number of aromatic hydroxyl groups is 1. The van der Waals surface area contributed by atoms with Crippen LogP contribution in [0.3, 0.4) is 0 Å². The third-order valence-corrected chi connectivity index (χ3v) is 7.61. The summed E-state index contributed by atoms with van der Waals surface area (Å²) in [6.07, 6.45) is 2.68. The molecule has 0 aliphatic carbocycles. The maximum Gasteiger partial charge on any atom is 0.355 e. The largest absolute Gasteiger partial charge is 0.507 e. The Hall–Kier alpha value is -4.74. The van der Waals surface area contributed by atoms with Gasteiger partial charge >= 0.3 is 5.69 Å². The summed E-state index contributed by atoms with van der Waals surface area (Å²) in [4.78, 5) is 47.7. The van der Waals surface area contributed by atoms with Crippen molar-refractivity contribution in [3.63, 3.8) is 0 Å². The molecule has 1 aliphatic heterocycles. The summed E-state index contributed by atoms with van der Waals surface area (Å²) in [5.74, 6) is -2.59. The van der Waals surface area contributed by atoms with Gasteiger partial charge in [-0.25, -0.2) is 33.1 Å². The van der Waals surface area contributed by atoms with Crippen molar-refractivity contribution in [2.45, 2.75) is 52.5 Å². The van der Waals surface area contributed by atoms with Crippen LogP contribution in [0.1, 0.15) is 57.8 Å². The Balaban J connectivity index is 1.86. The molecule has 1 atom stereocenters. The zero-order valence-corrected chi connectivity index (χ0v) is 24.7. The summed E-state index contributed by atoms with van der Waals surface area (Å²) in [7, 11) is 0. The van der Waals surface area contributed by atoms with Crippen LogP contribution in [-0.4, -0.2) is 66.1 Å². The van der Waals surface area contributed by atoms with Gasteiger partial charge < -0.3 is 14.9 Å². The van der Waals surface area contributed by atoms with E-state index < -0.39 is 34.3 Å². The van der Waals surface area contributed by atoms with Gasteiger partial charge in [-0.3, -0.25) is 4.79 Å². The lowest BCUT2D eigenvalue weighted by molar-refractivity contribution is -0.126. The van der Waals surface area contributed by atoms with Crippen LogP contribution in [0.4, 0.5) is 14.6 Å². The van der Waals surface area contributed by atoms with E-state index in [-0.39, 0.29) is 40.6 Å². The van der Waals surface area contributed by atoms with Gasteiger partial charge in [0.25, 0.3) is 0 Å². The highest BCUT2D eigenvalue weighted by Crippen LogP contribution is 2.37.